The highest BCUT2D eigenvalue weighted by Crippen LogP contribution is 2.39. The molecule has 0 aliphatic rings. The average Bonchev–Trinajstić information content (AvgIpc) is 3.22. The molecule has 4 rings (SSSR count). The normalized spacial score (nSPS) is 11.6. The van der Waals surface area contributed by atoms with Crippen molar-refractivity contribution in [3.8, 4) is 16.9 Å². The number of nitrogens with two attached hydrogens (primary N) is 2. The molecule has 0 saturated heterocycles. The zero-order valence-corrected chi connectivity index (χ0v) is 18.9. The number of nitrogens with zero attached hydrogens (tertiary/aromatic N) is 2. The summed E-state index contributed by atoms with van der Waals surface area (Å²) < 4.78 is 64.7. The Morgan fingerprint density at radius 3 is 2.44 bits per heavy atom. The van der Waals surface area contributed by atoms with Gasteiger partial charge >= 0.3 is 12.2 Å². The van der Waals surface area contributed by atoms with E-state index in [-0.39, 0.29) is 11.5 Å². The maximum atomic E-state index is 14.5. The monoisotopic (exact) mass is 503 g/mol. The van der Waals surface area contributed by atoms with Crippen LogP contribution in [0.1, 0.15) is 5.56 Å². The van der Waals surface area contributed by atoms with E-state index >= 15 is 0 Å². The van der Waals surface area contributed by atoms with Crippen LogP contribution in [0.15, 0.2) is 54.6 Å². The van der Waals surface area contributed by atoms with Crippen molar-refractivity contribution in [3.05, 3.63) is 66.0 Å². The van der Waals surface area contributed by atoms with E-state index in [4.69, 9.17) is 20.9 Å². The lowest BCUT2D eigenvalue weighted by Gasteiger charge is -2.22. The fraction of sp³-hybridized carbons (Fsp3) is 0.167. The van der Waals surface area contributed by atoms with Gasteiger partial charge in [-0.3, -0.25) is 10.00 Å². The van der Waals surface area contributed by atoms with Crippen molar-refractivity contribution in [1.82, 2.24) is 10.2 Å². The van der Waals surface area contributed by atoms with Gasteiger partial charge in [0.25, 0.3) is 0 Å². The minimum absolute atomic E-state index is 0.0698. The molecule has 8 nitrogen and oxygen atoms in total. The third-order valence-corrected chi connectivity index (χ3v) is 5.43. The summed E-state index contributed by atoms with van der Waals surface area (Å²) in [5.41, 5.74) is 11.7. The van der Waals surface area contributed by atoms with E-state index in [1.807, 2.05) is 0 Å². The van der Waals surface area contributed by atoms with Crippen molar-refractivity contribution < 1.29 is 31.8 Å². The summed E-state index contributed by atoms with van der Waals surface area (Å²) in [6.07, 6.45) is -4.73. The molecule has 2 amide bonds. The molecule has 0 fully saturated rings. The number of nitrogens with one attached hydrogen (secondary N) is 1. The first-order chi connectivity index (χ1) is 17.1. The first-order valence-corrected chi connectivity index (χ1v) is 10.6. The van der Waals surface area contributed by atoms with Gasteiger partial charge in [-0.15, -0.1) is 0 Å². The van der Waals surface area contributed by atoms with Crippen LogP contribution >= 0.6 is 0 Å². The predicted octanol–water partition coefficient (Wildman–Crippen LogP) is 5.21. The number of H-pyrrole nitrogens is 1. The number of alkyl halides is 3. The SMILES string of the molecule is COCCOc1ccc(-c2ccc(N(C(N)=O)c3cc(C(F)(F)F)ccc3F)cc2)c2c(N)n[nH]c12. The number of amides is 2. The number of urea groups is 1. The smallest absolute Gasteiger partial charge is 0.416 e. The highest BCUT2D eigenvalue weighted by molar-refractivity contribution is 6.05. The number of carbonyl (C=O) groups is 1. The minimum Gasteiger partial charge on any atom is -0.489 e. The van der Waals surface area contributed by atoms with Gasteiger partial charge in [-0.1, -0.05) is 12.1 Å². The van der Waals surface area contributed by atoms with Crippen molar-refractivity contribution in [2.45, 2.75) is 6.18 Å². The number of aromatic nitrogens is 2. The lowest BCUT2D eigenvalue weighted by Crippen LogP contribution is -2.32. The number of ether oxygens (including phenoxy) is 2. The Morgan fingerprint density at radius 1 is 1.08 bits per heavy atom. The van der Waals surface area contributed by atoms with Crippen LogP contribution in [-0.4, -0.2) is 36.6 Å². The van der Waals surface area contributed by atoms with Crippen LogP contribution in [0.2, 0.25) is 0 Å². The molecule has 0 bridgehead atoms. The molecule has 0 radical (unpaired) electrons. The number of anilines is 3. The van der Waals surface area contributed by atoms with Crippen molar-refractivity contribution >= 4 is 34.1 Å². The Morgan fingerprint density at radius 2 is 1.81 bits per heavy atom. The number of primary amides is 1. The van der Waals surface area contributed by atoms with Crippen LogP contribution in [0.4, 0.5) is 39.5 Å². The number of hydrogen-bond donors (Lipinski definition) is 3. The predicted molar refractivity (Wildman–Crippen MR) is 126 cm³/mol. The molecule has 3 aromatic carbocycles. The Labute approximate surface area is 202 Å². The van der Waals surface area contributed by atoms with Crippen LogP contribution < -0.4 is 21.1 Å². The van der Waals surface area contributed by atoms with Gasteiger partial charge in [0, 0.05) is 7.11 Å². The second-order valence-electron chi connectivity index (χ2n) is 7.70. The molecule has 0 aliphatic heterocycles. The second kappa shape index (κ2) is 9.74. The van der Waals surface area contributed by atoms with E-state index in [1.54, 1.807) is 31.4 Å². The van der Waals surface area contributed by atoms with Gasteiger partial charge in [-0.25, -0.2) is 9.18 Å². The van der Waals surface area contributed by atoms with Crippen molar-refractivity contribution in [1.29, 1.82) is 0 Å². The maximum Gasteiger partial charge on any atom is 0.416 e. The summed E-state index contributed by atoms with van der Waals surface area (Å²) in [7, 11) is 1.56. The van der Waals surface area contributed by atoms with E-state index in [1.165, 1.54) is 12.1 Å². The van der Waals surface area contributed by atoms with E-state index in [2.05, 4.69) is 10.2 Å². The number of nitrogen functional groups attached to an aromatic ring is 1. The molecule has 0 spiro atoms. The number of aromatic amines is 1. The highest BCUT2D eigenvalue weighted by Gasteiger charge is 2.32. The Kier molecular flexibility index (Phi) is 6.71. The minimum atomic E-state index is -4.73. The summed E-state index contributed by atoms with van der Waals surface area (Å²) in [5.74, 6) is -0.291. The van der Waals surface area contributed by atoms with E-state index in [9.17, 15) is 22.4 Å². The fourth-order valence-electron chi connectivity index (χ4n) is 3.76. The molecule has 0 unspecified atom stereocenters. The molecule has 1 heterocycles. The van der Waals surface area contributed by atoms with Gasteiger partial charge in [0.2, 0.25) is 0 Å². The van der Waals surface area contributed by atoms with Gasteiger partial charge in [0.1, 0.15) is 23.7 Å². The first-order valence-electron chi connectivity index (χ1n) is 10.6. The summed E-state index contributed by atoms with van der Waals surface area (Å²) in [5, 5.41) is 7.49. The van der Waals surface area contributed by atoms with Crippen LogP contribution in [0, 0.1) is 5.82 Å². The van der Waals surface area contributed by atoms with Crippen LogP contribution in [0.3, 0.4) is 0 Å². The van der Waals surface area contributed by atoms with Gasteiger partial charge in [0.05, 0.1) is 28.9 Å². The number of benzene rings is 3. The zero-order valence-electron chi connectivity index (χ0n) is 18.9. The molecule has 0 atom stereocenters. The third kappa shape index (κ3) is 4.75. The van der Waals surface area contributed by atoms with E-state index < -0.39 is 29.3 Å². The van der Waals surface area contributed by atoms with Gasteiger partial charge < -0.3 is 20.9 Å². The average molecular weight is 503 g/mol. The zero-order chi connectivity index (χ0) is 26.0. The summed E-state index contributed by atoms with van der Waals surface area (Å²) >= 11 is 0. The molecule has 12 heteroatoms. The highest BCUT2D eigenvalue weighted by atomic mass is 19.4. The van der Waals surface area contributed by atoms with Gasteiger partial charge in [-0.05, 0) is 53.6 Å². The Hall–Kier alpha value is -4.32. The number of hydrogen-bond acceptors (Lipinski definition) is 5. The standard InChI is InChI=1S/C24H21F4N5O3/c1-35-10-11-36-19-9-7-16(20-21(19)31-32-22(20)29)13-2-5-15(6-3-13)33(23(30)34)18-12-14(24(26,27)28)4-8-17(18)25/h2-9,12H,10-11H2,1H3,(H2,30,34)(H3,29,31,32). The van der Waals surface area contributed by atoms with Crippen molar-refractivity contribution in [2.75, 3.05) is 31.0 Å². The topological polar surface area (TPSA) is 119 Å². The number of rotatable bonds is 7. The molecular weight excluding hydrogens is 482 g/mol. The first kappa shape index (κ1) is 24.8. The van der Waals surface area contributed by atoms with Crippen molar-refractivity contribution in [2.24, 2.45) is 5.73 Å². The molecular formula is C24H21F4N5O3. The summed E-state index contributed by atoms with van der Waals surface area (Å²) in [6, 6.07) is 10.2. The summed E-state index contributed by atoms with van der Waals surface area (Å²) in [6.45, 7) is 0.699. The molecule has 1 aromatic heterocycles. The lowest BCUT2D eigenvalue weighted by molar-refractivity contribution is -0.137. The largest absolute Gasteiger partial charge is 0.489 e. The summed E-state index contributed by atoms with van der Waals surface area (Å²) in [4.78, 5) is 12.8. The van der Waals surface area contributed by atoms with E-state index in [0.29, 0.717) is 64.1 Å². The fourth-order valence-corrected chi connectivity index (χ4v) is 3.76. The number of fused-ring (bicyclic) bond motifs is 1. The Balaban J connectivity index is 1.73. The van der Waals surface area contributed by atoms with Crippen molar-refractivity contribution in [3.63, 3.8) is 0 Å². The molecule has 0 saturated carbocycles. The lowest BCUT2D eigenvalue weighted by atomic mass is 10.0. The molecule has 0 aliphatic carbocycles. The maximum absolute atomic E-state index is 14.5. The van der Waals surface area contributed by atoms with Crippen LogP contribution in [0.5, 0.6) is 5.75 Å². The molecule has 5 N–H and O–H groups in total. The molecule has 36 heavy (non-hydrogen) atoms. The van der Waals surface area contributed by atoms with Crippen LogP contribution in [0.25, 0.3) is 22.0 Å². The molecule has 188 valence electrons. The molecule has 4 aromatic rings. The second-order valence-corrected chi connectivity index (χ2v) is 7.70. The van der Waals surface area contributed by atoms with Gasteiger partial charge in [-0.2, -0.15) is 18.3 Å². The van der Waals surface area contributed by atoms with E-state index in [0.717, 1.165) is 0 Å². The quantitative estimate of drug-likeness (QED) is 0.236. The van der Waals surface area contributed by atoms with Gasteiger partial charge in [0.15, 0.2) is 5.82 Å². The number of methoxy groups -OCH3 is 1. The number of halogens is 4. The Bertz CT molecular complexity index is 1400. The van der Waals surface area contributed by atoms with Crippen LogP contribution in [-0.2, 0) is 10.9 Å². The third-order valence-electron chi connectivity index (χ3n) is 5.43. The number of carbonyl (C=O) groups excluding carboxylic acids is 1.